The van der Waals surface area contributed by atoms with Crippen LogP contribution in [-0.2, 0) is 6.54 Å². The van der Waals surface area contributed by atoms with Crippen LogP contribution >= 0.6 is 0 Å². The first-order valence-electron chi connectivity index (χ1n) is 10.2. The number of rotatable bonds is 5. The van der Waals surface area contributed by atoms with E-state index in [1.165, 1.54) is 32.1 Å². The standard InChI is InChI=1S/C24H27N3O/c1-27(20-11-3-2-4-12-20)17-19-10-6-8-14-22(19)26-24(28)23-21-13-7-5-9-18(21)15-16-25-23/h5-10,13-16,20H,2-4,11-12,17H2,1H3,(H,26,28). The van der Waals surface area contributed by atoms with Gasteiger partial charge in [0, 0.05) is 29.9 Å². The highest BCUT2D eigenvalue weighted by atomic mass is 16.1. The van der Waals surface area contributed by atoms with Crippen molar-refractivity contribution in [3.05, 3.63) is 72.1 Å². The molecule has 28 heavy (non-hydrogen) atoms. The summed E-state index contributed by atoms with van der Waals surface area (Å²) in [7, 11) is 2.20. The lowest BCUT2D eigenvalue weighted by Crippen LogP contribution is -2.33. The Morgan fingerprint density at radius 2 is 1.79 bits per heavy atom. The zero-order valence-corrected chi connectivity index (χ0v) is 16.4. The summed E-state index contributed by atoms with van der Waals surface area (Å²) in [5.74, 6) is -0.162. The van der Waals surface area contributed by atoms with Crippen molar-refractivity contribution in [1.29, 1.82) is 0 Å². The molecule has 0 radical (unpaired) electrons. The van der Waals surface area contributed by atoms with Gasteiger partial charge in [-0.1, -0.05) is 61.7 Å². The molecule has 0 aliphatic heterocycles. The minimum atomic E-state index is -0.162. The Labute approximate surface area is 166 Å². The van der Waals surface area contributed by atoms with Gasteiger partial charge in [0.25, 0.3) is 5.91 Å². The second-order valence-electron chi connectivity index (χ2n) is 7.70. The van der Waals surface area contributed by atoms with Crippen molar-refractivity contribution in [2.24, 2.45) is 0 Å². The molecule has 3 aromatic rings. The first-order chi connectivity index (χ1) is 13.7. The van der Waals surface area contributed by atoms with Crippen LogP contribution in [0.3, 0.4) is 0 Å². The van der Waals surface area contributed by atoms with Crippen LogP contribution in [-0.4, -0.2) is 28.9 Å². The number of amides is 1. The molecule has 0 unspecified atom stereocenters. The summed E-state index contributed by atoms with van der Waals surface area (Å²) in [4.78, 5) is 19.8. The van der Waals surface area contributed by atoms with Crippen LogP contribution in [0.15, 0.2) is 60.8 Å². The van der Waals surface area contributed by atoms with Gasteiger partial charge in [-0.05, 0) is 43.0 Å². The van der Waals surface area contributed by atoms with Crippen molar-refractivity contribution in [1.82, 2.24) is 9.88 Å². The molecule has 0 saturated heterocycles. The smallest absolute Gasteiger partial charge is 0.274 e. The van der Waals surface area contributed by atoms with Crippen LogP contribution < -0.4 is 5.32 Å². The molecule has 1 fully saturated rings. The number of benzene rings is 2. The Kier molecular flexibility index (Phi) is 5.68. The maximum atomic E-state index is 13.0. The minimum absolute atomic E-state index is 0.162. The predicted molar refractivity (Wildman–Crippen MR) is 114 cm³/mol. The third-order valence-electron chi connectivity index (χ3n) is 5.77. The largest absolute Gasteiger partial charge is 0.320 e. The highest BCUT2D eigenvalue weighted by molar-refractivity contribution is 6.11. The van der Waals surface area contributed by atoms with Gasteiger partial charge in [-0.3, -0.25) is 14.7 Å². The van der Waals surface area contributed by atoms with E-state index in [1.807, 2.05) is 48.5 Å². The van der Waals surface area contributed by atoms with E-state index < -0.39 is 0 Å². The predicted octanol–water partition coefficient (Wildman–Crippen LogP) is 5.25. The fourth-order valence-electron chi connectivity index (χ4n) is 4.18. The molecule has 1 aromatic heterocycles. The van der Waals surface area contributed by atoms with Gasteiger partial charge < -0.3 is 5.32 Å². The lowest BCUT2D eigenvalue weighted by Gasteiger charge is -2.31. The molecule has 2 aromatic carbocycles. The summed E-state index contributed by atoms with van der Waals surface area (Å²) >= 11 is 0. The van der Waals surface area contributed by atoms with E-state index in [9.17, 15) is 4.79 Å². The van der Waals surface area contributed by atoms with E-state index in [1.54, 1.807) is 6.20 Å². The molecule has 4 heteroatoms. The molecule has 4 rings (SSSR count). The Morgan fingerprint density at radius 1 is 1.04 bits per heavy atom. The zero-order valence-electron chi connectivity index (χ0n) is 16.4. The van der Waals surface area contributed by atoms with Crippen LogP contribution in [0, 0.1) is 0 Å². The summed E-state index contributed by atoms with van der Waals surface area (Å²) in [6.07, 6.45) is 8.23. The molecule has 1 heterocycles. The van der Waals surface area contributed by atoms with Crippen molar-refractivity contribution in [3.63, 3.8) is 0 Å². The van der Waals surface area contributed by atoms with Crippen molar-refractivity contribution in [2.75, 3.05) is 12.4 Å². The fourth-order valence-corrected chi connectivity index (χ4v) is 4.18. The molecule has 4 nitrogen and oxygen atoms in total. The van der Waals surface area contributed by atoms with Crippen molar-refractivity contribution < 1.29 is 4.79 Å². The van der Waals surface area contributed by atoms with Gasteiger partial charge in [0.05, 0.1) is 0 Å². The second kappa shape index (κ2) is 8.53. The van der Waals surface area contributed by atoms with Gasteiger partial charge in [-0.2, -0.15) is 0 Å². The summed E-state index contributed by atoms with van der Waals surface area (Å²) in [5, 5.41) is 4.99. The number of fused-ring (bicyclic) bond motifs is 1. The van der Waals surface area contributed by atoms with Crippen LogP contribution in [0.25, 0.3) is 10.8 Å². The number of carbonyl (C=O) groups is 1. The lowest BCUT2D eigenvalue weighted by atomic mass is 9.94. The number of aromatic nitrogens is 1. The van der Waals surface area contributed by atoms with Crippen LogP contribution in [0.5, 0.6) is 0 Å². The highest BCUT2D eigenvalue weighted by Crippen LogP contribution is 2.25. The Morgan fingerprint density at radius 3 is 2.64 bits per heavy atom. The molecular formula is C24H27N3O. The number of carbonyl (C=O) groups excluding carboxylic acids is 1. The van der Waals surface area contributed by atoms with Gasteiger partial charge in [0.1, 0.15) is 5.69 Å². The number of para-hydroxylation sites is 1. The molecule has 1 aliphatic carbocycles. The molecule has 1 aliphatic rings. The van der Waals surface area contributed by atoms with Crippen molar-refractivity contribution in [3.8, 4) is 0 Å². The van der Waals surface area contributed by atoms with Gasteiger partial charge in [-0.15, -0.1) is 0 Å². The number of nitrogens with zero attached hydrogens (tertiary/aromatic N) is 2. The van der Waals surface area contributed by atoms with Gasteiger partial charge >= 0.3 is 0 Å². The lowest BCUT2D eigenvalue weighted by molar-refractivity contribution is 0.102. The van der Waals surface area contributed by atoms with Gasteiger partial charge in [0.2, 0.25) is 0 Å². The summed E-state index contributed by atoms with van der Waals surface area (Å²) < 4.78 is 0. The molecule has 0 spiro atoms. The molecule has 0 atom stereocenters. The van der Waals surface area contributed by atoms with E-state index in [0.29, 0.717) is 11.7 Å². The Balaban J connectivity index is 1.54. The molecule has 144 valence electrons. The maximum Gasteiger partial charge on any atom is 0.274 e. The average molecular weight is 374 g/mol. The molecule has 1 saturated carbocycles. The molecular weight excluding hydrogens is 346 g/mol. The maximum absolute atomic E-state index is 13.0. The molecule has 1 N–H and O–H groups in total. The number of pyridine rings is 1. The number of anilines is 1. The van der Waals surface area contributed by atoms with E-state index in [2.05, 4.69) is 28.3 Å². The highest BCUT2D eigenvalue weighted by Gasteiger charge is 2.19. The third kappa shape index (κ3) is 4.07. The average Bonchev–Trinajstić information content (AvgIpc) is 2.75. The summed E-state index contributed by atoms with van der Waals surface area (Å²) in [6, 6.07) is 18.5. The first-order valence-corrected chi connectivity index (χ1v) is 10.2. The first kappa shape index (κ1) is 18.6. The Bertz CT molecular complexity index is 957. The SMILES string of the molecule is CN(Cc1ccccc1NC(=O)c1nccc2ccccc12)C1CCCCC1. The van der Waals surface area contributed by atoms with Crippen LogP contribution in [0.2, 0.25) is 0 Å². The van der Waals surface area contributed by atoms with Crippen molar-refractivity contribution >= 4 is 22.4 Å². The molecule has 1 amide bonds. The van der Waals surface area contributed by atoms with Gasteiger partial charge in [-0.25, -0.2) is 0 Å². The summed E-state index contributed by atoms with van der Waals surface area (Å²) in [6.45, 7) is 0.837. The number of nitrogens with one attached hydrogen (secondary N) is 1. The third-order valence-corrected chi connectivity index (χ3v) is 5.77. The minimum Gasteiger partial charge on any atom is -0.320 e. The molecule has 0 bridgehead atoms. The van der Waals surface area contributed by atoms with E-state index in [-0.39, 0.29) is 5.91 Å². The Hall–Kier alpha value is -2.72. The van der Waals surface area contributed by atoms with Gasteiger partial charge in [0.15, 0.2) is 0 Å². The van der Waals surface area contributed by atoms with E-state index in [4.69, 9.17) is 0 Å². The topological polar surface area (TPSA) is 45.2 Å². The number of hydrogen-bond acceptors (Lipinski definition) is 3. The number of hydrogen-bond donors (Lipinski definition) is 1. The quantitative estimate of drug-likeness (QED) is 0.664. The van der Waals surface area contributed by atoms with Crippen molar-refractivity contribution in [2.45, 2.75) is 44.7 Å². The second-order valence-corrected chi connectivity index (χ2v) is 7.70. The fraction of sp³-hybridized carbons (Fsp3) is 0.333. The van der Waals surface area contributed by atoms with E-state index >= 15 is 0 Å². The monoisotopic (exact) mass is 373 g/mol. The zero-order chi connectivity index (χ0) is 19.3. The summed E-state index contributed by atoms with van der Waals surface area (Å²) in [5.41, 5.74) is 2.47. The van der Waals surface area contributed by atoms with Crippen LogP contribution in [0.4, 0.5) is 5.69 Å². The van der Waals surface area contributed by atoms with E-state index in [0.717, 1.165) is 28.6 Å². The normalized spacial score (nSPS) is 15.1. The van der Waals surface area contributed by atoms with Crippen LogP contribution in [0.1, 0.15) is 48.2 Å².